The van der Waals surface area contributed by atoms with Crippen LogP contribution in [0.4, 0.5) is 0 Å². The van der Waals surface area contributed by atoms with Crippen molar-refractivity contribution in [3.63, 3.8) is 0 Å². The molecule has 0 bridgehead atoms. The minimum atomic E-state index is -3.86. The molecule has 0 radical (unpaired) electrons. The summed E-state index contributed by atoms with van der Waals surface area (Å²) in [4.78, 5) is 48.5. The number of amides is 3. The minimum absolute atomic E-state index is 0.0793. The van der Waals surface area contributed by atoms with Crippen LogP contribution in [0.5, 0.6) is 17.4 Å². The zero-order chi connectivity index (χ0) is 36.7. The second kappa shape index (κ2) is 14.3. The molecule has 2 aromatic rings. The van der Waals surface area contributed by atoms with E-state index in [1.807, 2.05) is 26.0 Å². The van der Waals surface area contributed by atoms with Gasteiger partial charge in [-0.05, 0) is 58.1 Å². The fourth-order valence-electron chi connectivity index (χ4n) is 7.93. The average Bonchev–Trinajstić information content (AvgIpc) is 4.03. The third-order valence-corrected chi connectivity index (χ3v) is 12.9. The molecule has 1 saturated heterocycles. The topological polar surface area (TPSA) is 162 Å². The number of carbonyl (C=O) groups excluding carboxylic acids is 3. The van der Waals surface area contributed by atoms with Crippen molar-refractivity contribution in [2.45, 2.75) is 108 Å². The molecule has 3 amide bonds. The first-order chi connectivity index (χ1) is 24.3. The summed E-state index contributed by atoms with van der Waals surface area (Å²) >= 11 is 0. The van der Waals surface area contributed by atoms with E-state index in [2.05, 4.69) is 23.5 Å². The van der Waals surface area contributed by atoms with Crippen LogP contribution in [-0.2, 0) is 29.1 Å². The predicted molar refractivity (Wildman–Crippen MR) is 190 cm³/mol. The third-order valence-electron chi connectivity index (χ3n) is 11.1. The molecule has 1 aromatic heterocycles. The van der Waals surface area contributed by atoms with Crippen molar-refractivity contribution in [2.75, 3.05) is 27.4 Å². The van der Waals surface area contributed by atoms with Crippen LogP contribution < -0.4 is 24.2 Å². The number of aryl methyl sites for hydroxylation is 1. The number of likely N-dealkylation sites (tertiary alicyclic amines) is 1. The van der Waals surface area contributed by atoms with Crippen LogP contribution in [0, 0.1) is 18.3 Å². The molecule has 4 aliphatic rings. The summed E-state index contributed by atoms with van der Waals surface area (Å²) in [6.45, 7) is 10.1. The number of pyridine rings is 1. The third kappa shape index (κ3) is 7.13. The Hall–Kier alpha value is -3.91. The van der Waals surface area contributed by atoms with Gasteiger partial charge >= 0.3 is 0 Å². The van der Waals surface area contributed by atoms with Gasteiger partial charge in [0.25, 0.3) is 11.8 Å². The van der Waals surface area contributed by atoms with Gasteiger partial charge < -0.3 is 29.2 Å². The van der Waals surface area contributed by atoms with Gasteiger partial charge in [0.2, 0.25) is 21.8 Å². The predicted octanol–water partition coefficient (Wildman–Crippen LogP) is 3.95. The van der Waals surface area contributed by atoms with Crippen LogP contribution in [-0.4, -0.2) is 92.4 Å². The van der Waals surface area contributed by atoms with E-state index < -0.39 is 62.2 Å². The molecule has 1 aromatic carbocycles. The first-order valence-electron chi connectivity index (χ1n) is 17.9. The van der Waals surface area contributed by atoms with Gasteiger partial charge in [-0.2, -0.15) is 0 Å². The maximum absolute atomic E-state index is 14.5. The summed E-state index contributed by atoms with van der Waals surface area (Å²) in [6, 6.07) is 4.37. The molecule has 0 spiro atoms. The second-order valence-corrected chi connectivity index (χ2v) is 16.6. The number of ether oxygens (including phenoxy) is 4. The molecule has 3 aliphatic carbocycles. The number of aromatic nitrogens is 1. The number of benzene rings is 1. The van der Waals surface area contributed by atoms with Gasteiger partial charge in [-0.25, -0.2) is 13.4 Å². The lowest BCUT2D eigenvalue weighted by Gasteiger charge is -2.41. The summed E-state index contributed by atoms with van der Waals surface area (Å²) in [6.07, 6.45) is 6.07. The summed E-state index contributed by atoms with van der Waals surface area (Å²) in [7, 11) is -0.747. The number of rotatable bonds is 14. The molecular weight excluding hydrogens is 676 g/mol. The monoisotopic (exact) mass is 726 g/mol. The Labute approximate surface area is 299 Å². The highest BCUT2D eigenvalue weighted by atomic mass is 32.2. The standard InChI is InChI=1S/C37H50N4O9S/c1-7-23-20-37(23,35(44)40-51(45,46)25-12-13-25)39-33(42)27-18-24(21-41(27)34(43)32(48-6)36(4)16-10-9-11-17-36)50-29-19-30(49-8-2)38-31-22(3)28(47-5)15-14-26(29)31/h7,14-15,19,23-25,27,32H,1,8-13,16-18,20-21H2,2-6H3,(H,39,42)(H,40,44)/t23?,24-,27+,32?,37-/m1/s1. The number of hydrogen-bond donors (Lipinski definition) is 2. The SMILES string of the molecule is C=CC1C[C@]1(NC(=O)[C@@H]1C[C@@H](Oc2cc(OCC)nc3c(C)c(OC)ccc23)CN1C(=O)C(OC)C1(C)CCCCC1)C(=O)NS(=O)(=O)C1CC1. The molecule has 51 heavy (non-hydrogen) atoms. The zero-order valence-electron chi connectivity index (χ0n) is 30.2. The van der Waals surface area contributed by atoms with E-state index in [1.54, 1.807) is 19.3 Å². The van der Waals surface area contributed by atoms with Crippen LogP contribution in [0.3, 0.4) is 0 Å². The van der Waals surface area contributed by atoms with Crippen molar-refractivity contribution in [1.82, 2.24) is 19.9 Å². The van der Waals surface area contributed by atoms with E-state index >= 15 is 0 Å². The van der Waals surface area contributed by atoms with Crippen molar-refractivity contribution in [1.29, 1.82) is 0 Å². The molecule has 6 rings (SSSR count). The molecule has 3 saturated carbocycles. The number of nitrogens with zero attached hydrogens (tertiary/aromatic N) is 2. The largest absolute Gasteiger partial charge is 0.496 e. The maximum Gasteiger partial charge on any atom is 0.259 e. The number of sulfonamides is 1. The number of methoxy groups -OCH3 is 2. The molecule has 5 atom stereocenters. The van der Waals surface area contributed by atoms with Gasteiger partial charge in [-0.15, -0.1) is 6.58 Å². The number of hydrogen-bond acceptors (Lipinski definition) is 10. The van der Waals surface area contributed by atoms with Crippen LogP contribution in [0.1, 0.15) is 77.2 Å². The van der Waals surface area contributed by atoms with Gasteiger partial charge in [-0.1, -0.05) is 32.3 Å². The van der Waals surface area contributed by atoms with Crippen molar-refractivity contribution in [3.8, 4) is 17.4 Å². The smallest absolute Gasteiger partial charge is 0.259 e. The maximum atomic E-state index is 14.5. The van der Waals surface area contributed by atoms with Gasteiger partial charge in [0.1, 0.15) is 35.3 Å². The average molecular weight is 727 g/mol. The van der Waals surface area contributed by atoms with E-state index in [0.717, 1.165) is 37.7 Å². The van der Waals surface area contributed by atoms with Gasteiger partial charge in [0.05, 0.1) is 31.0 Å². The Kier molecular flexibility index (Phi) is 10.3. The minimum Gasteiger partial charge on any atom is -0.496 e. The highest BCUT2D eigenvalue weighted by Crippen LogP contribution is 2.46. The van der Waals surface area contributed by atoms with Crippen molar-refractivity contribution >= 4 is 38.6 Å². The number of nitrogens with one attached hydrogen (secondary N) is 2. The second-order valence-electron chi connectivity index (χ2n) is 14.7. The number of carbonyl (C=O) groups is 3. The van der Waals surface area contributed by atoms with E-state index in [0.29, 0.717) is 47.7 Å². The highest BCUT2D eigenvalue weighted by molar-refractivity contribution is 7.91. The summed E-state index contributed by atoms with van der Waals surface area (Å²) in [5.41, 5.74) is -0.469. The molecule has 2 unspecified atom stereocenters. The van der Waals surface area contributed by atoms with Crippen LogP contribution in [0.25, 0.3) is 10.9 Å². The van der Waals surface area contributed by atoms with Gasteiger partial charge in [-0.3, -0.25) is 19.1 Å². The molecule has 2 heterocycles. The van der Waals surface area contributed by atoms with Crippen LogP contribution in [0.2, 0.25) is 0 Å². The summed E-state index contributed by atoms with van der Waals surface area (Å²) in [5.74, 6) is -0.665. The lowest BCUT2D eigenvalue weighted by molar-refractivity contribution is -0.155. The number of fused-ring (bicyclic) bond motifs is 1. The van der Waals surface area contributed by atoms with E-state index in [9.17, 15) is 22.8 Å². The molecule has 1 aliphatic heterocycles. The normalized spacial score (nSPS) is 26.2. The van der Waals surface area contributed by atoms with E-state index in [-0.39, 0.29) is 25.3 Å². The van der Waals surface area contributed by atoms with Crippen molar-refractivity contribution in [2.24, 2.45) is 11.3 Å². The van der Waals surface area contributed by atoms with Gasteiger partial charge in [0, 0.05) is 41.9 Å². The fourth-order valence-corrected chi connectivity index (χ4v) is 9.29. The molecular formula is C37H50N4O9S. The Bertz CT molecular complexity index is 1810. The molecule has 13 nitrogen and oxygen atoms in total. The first kappa shape index (κ1) is 36.9. The Morgan fingerprint density at radius 1 is 1.14 bits per heavy atom. The summed E-state index contributed by atoms with van der Waals surface area (Å²) in [5, 5.41) is 2.97. The molecule has 4 fully saturated rings. The quantitative estimate of drug-likeness (QED) is 0.273. The molecule has 2 N–H and O–H groups in total. The zero-order valence-corrected chi connectivity index (χ0v) is 31.0. The lowest BCUT2D eigenvalue weighted by Crippen LogP contribution is -2.58. The van der Waals surface area contributed by atoms with Crippen molar-refractivity contribution < 1.29 is 41.7 Å². The fraction of sp³-hybridized carbons (Fsp3) is 0.622. The van der Waals surface area contributed by atoms with E-state index in [1.165, 1.54) is 12.0 Å². The highest BCUT2D eigenvalue weighted by Gasteiger charge is 2.62. The van der Waals surface area contributed by atoms with Gasteiger partial charge in [0.15, 0.2) is 0 Å². The Morgan fingerprint density at radius 2 is 1.86 bits per heavy atom. The Balaban J connectivity index is 1.32. The first-order valence-corrected chi connectivity index (χ1v) is 19.5. The Morgan fingerprint density at radius 3 is 2.47 bits per heavy atom. The van der Waals surface area contributed by atoms with Crippen LogP contribution >= 0.6 is 0 Å². The van der Waals surface area contributed by atoms with Crippen molar-refractivity contribution in [3.05, 3.63) is 36.4 Å². The van der Waals surface area contributed by atoms with Crippen LogP contribution in [0.15, 0.2) is 30.9 Å². The lowest BCUT2D eigenvalue weighted by atomic mass is 9.71. The molecule has 278 valence electrons. The summed E-state index contributed by atoms with van der Waals surface area (Å²) < 4.78 is 51.5. The molecule has 14 heteroatoms. The van der Waals surface area contributed by atoms with E-state index in [4.69, 9.17) is 23.9 Å².